The third-order valence-corrected chi connectivity index (χ3v) is 7.04. The first-order valence-corrected chi connectivity index (χ1v) is 8.56. The van der Waals surface area contributed by atoms with E-state index >= 15 is 0 Å². The van der Waals surface area contributed by atoms with Crippen LogP contribution in [0.1, 0.15) is 33.3 Å². The third kappa shape index (κ3) is 2.36. The Balaban J connectivity index is 2.28. The van der Waals surface area contributed by atoms with Gasteiger partial charge in [-0.15, -0.1) is 0 Å². The van der Waals surface area contributed by atoms with Gasteiger partial charge in [0.25, 0.3) is 0 Å². The Labute approximate surface area is 124 Å². The largest absolute Gasteiger partial charge is 0.240 e. The van der Waals surface area contributed by atoms with Crippen molar-refractivity contribution in [2.75, 3.05) is 0 Å². The van der Waals surface area contributed by atoms with Gasteiger partial charge in [-0.25, -0.2) is 13.1 Å². The predicted molar refractivity (Wildman–Crippen MR) is 80.6 cm³/mol. The maximum absolute atomic E-state index is 12.4. The number of rotatable bonds is 3. The van der Waals surface area contributed by atoms with Crippen molar-refractivity contribution in [2.45, 2.75) is 45.6 Å². The van der Waals surface area contributed by atoms with E-state index in [0.29, 0.717) is 4.90 Å². The van der Waals surface area contributed by atoms with Gasteiger partial charge in [-0.3, -0.25) is 0 Å². The van der Waals surface area contributed by atoms with Gasteiger partial charge in [-0.05, 0) is 41.5 Å². The number of hydrogen-bond donors (Lipinski definition) is 1. The first kappa shape index (κ1) is 15.0. The van der Waals surface area contributed by atoms with Crippen LogP contribution in [-0.2, 0) is 10.0 Å². The summed E-state index contributed by atoms with van der Waals surface area (Å²) < 4.78 is 28.5. The van der Waals surface area contributed by atoms with Gasteiger partial charge in [-0.2, -0.15) is 0 Å². The second-order valence-corrected chi connectivity index (χ2v) is 8.98. The highest BCUT2D eigenvalue weighted by molar-refractivity contribution is 9.10. The van der Waals surface area contributed by atoms with Gasteiger partial charge in [0.2, 0.25) is 10.0 Å². The molecule has 0 atom stereocenters. The summed E-state index contributed by atoms with van der Waals surface area (Å²) in [6.07, 6.45) is 0. The molecule has 0 radical (unpaired) electrons. The number of sulfonamides is 1. The minimum absolute atomic E-state index is 0.00945. The normalized spacial score (nSPS) is 21.4. The number of aryl methyl sites for hydroxylation is 1. The molecule has 1 aromatic rings. The Morgan fingerprint density at radius 3 is 2.11 bits per heavy atom. The third-order valence-electron chi connectivity index (χ3n) is 4.73. The summed E-state index contributed by atoms with van der Waals surface area (Å²) in [5.41, 5.74) is 0.895. The van der Waals surface area contributed by atoms with E-state index < -0.39 is 10.0 Å². The number of halogens is 1. The molecule has 1 aliphatic carbocycles. The second kappa shape index (κ2) is 4.30. The van der Waals surface area contributed by atoms with Crippen LogP contribution in [0.25, 0.3) is 0 Å². The molecule has 1 N–H and O–H groups in total. The number of benzene rings is 1. The maximum atomic E-state index is 12.4. The minimum Gasteiger partial charge on any atom is -0.207 e. The quantitative estimate of drug-likeness (QED) is 0.911. The van der Waals surface area contributed by atoms with Crippen molar-refractivity contribution in [1.29, 1.82) is 0 Å². The second-order valence-electron chi connectivity index (χ2n) is 6.41. The lowest BCUT2D eigenvalue weighted by molar-refractivity contribution is 0.457. The lowest BCUT2D eigenvalue weighted by atomic mass is 10.0. The maximum Gasteiger partial charge on any atom is 0.240 e. The molecule has 1 saturated carbocycles. The van der Waals surface area contributed by atoms with Crippen LogP contribution in [0.2, 0.25) is 0 Å². The fourth-order valence-corrected chi connectivity index (χ4v) is 4.36. The van der Waals surface area contributed by atoms with Gasteiger partial charge in [0, 0.05) is 10.5 Å². The van der Waals surface area contributed by atoms with Crippen molar-refractivity contribution in [3.05, 3.63) is 28.2 Å². The van der Waals surface area contributed by atoms with E-state index in [2.05, 4.69) is 48.3 Å². The highest BCUT2D eigenvalue weighted by Gasteiger charge is 2.65. The molecule has 0 bridgehead atoms. The van der Waals surface area contributed by atoms with Gasteiger partial charge in [-0.1, -0.05) is 43.6 Å². The molecular weight excluding hydrogens is 326 g/mol. The van der Waals surface area contributed by atoms with Crippen molar-refractivity contribution in [1.82, 2.24) is 4.72 Å². The van der Waals surface area contributed by atoms with E-state index in [4.69, 9.17) is 0 Å². The molecule has 0 aromatic heterocycles. The zero-order valence-electron chi connectivity index (χ0n) is 11.9. The lowest BCUT2D eigenvalue weighted by Crippen LogP contribution is -2.30. The molecule has 5 heteroatoms. The Morgan fingerprint density at radius 2 is 1.68 bits per heavy atom. The van der Waals surface area contributed by atoms with Crippen LogP contribution in [0.4, 0.5) is 0 Å². The average Bonchev–Trinajstić information content (AvgIpc) is 2.64. The van der Waals surface area contributed by atoms with Crippen LogP contribution in [0.3, 0.4) is 0 Å². The number of hydrogen-bond acceptors (Lipinski definition) is 2. The molecule has 0 aliphatic heterocycles. The zero-order chi connectivity index (χ0) is 14.6. The van der Waals surface area contributed by atoms with Crippen LogP contribution in [0, 0.1) is 17.8 Å². The molecule has 0 amide bonds. The molecule has 1 fully saturated rings. The first-order chi connectivity index (χ1) is 8.50. The van der Waals surface area contributed by atoms with Crippen molar-refractivity contribution in [3.8, 4) is 0 Å². The zero-order valence-corrected chi connectivity index (χ0v) is 14.3. The van der Waals surface area contributed by atoms with E-state index in [9.17, 15) is 8.42 Å². The summed E-state index contributed by atoms with van der Waals surface area (Å²) in [5, 5.41) is 0. The molecule has 2 rings (SSSR count). The monoisotopic (exact) mass is 345 g/mol. The lowest BCUT2D eigenvalue weighted by Gasteiger charge is -2.09. The summed E-state index contributed by atoms with van der Waals surface area (Å²) in [4.78, 5) is 0.326. The van der Waals surface area contributed by atoms with Gasteiger partial charge in [0.05, 0.1) is 4.90 Å². The van der Waals surface area contributed by atoms with Crippen molar-refractivity contribution >= 4 is 26.0 Å². The molecule has 0 spiro atoms. The van der Waals surface area contributed by atoms with Crippen LogP contribution in [0.15, 0.2) is 27.6 Å². The standard InChI is InChI=1S/C14H20BrNO2S/c1-9-8-10(6-7-11(9)15)19(17,18)16-12-13(2,3)14(12,4)5/h6-8,12,16H,1-5H3. The highest BCUT2D eigenvalue weighted by atomic mass is 79.9. The molecule has 3 nitrogen and oxygen atoms in total. The summed E-state index contributed by atoms with van der Waals surface area (Å²) in [5.74, 6) is 0. The fourth-order valence-electron chi connectivity index (χ4n) is 2.50. The molecule has 0 heterocycles. The molecule has 1 aromatic carbocycles. The molecule has 19 heavy (non-hydrogen) atoms. The van der Waals surface area contributed by atoms with Crippen LogP contribution in [-0.4, -0.2) is 14.5 Å². The van der Waals surface area contributed by atoms with E-state index in [-0.39, 0.29) is 16.9 Å². The predicted octanol–water partition coefficient (Wildman–Crippen LogP) is 3.47. The Hall–Kier alpha value is -0.390. The van der Waals surface area contributed by atoms with Crippen molar-refractivity contribution in [3.63, 3.8) is 0 Å². The van der Waals surface area contributed by atoms with E-state index in [1.54, 1.807) is 18.2 Å². The van der Waals surface area contributed by atoms with E-state index in [1.165, 1.54) is 0 Å². The molecule has 106 valence electrons. The molecular formula is C14H20BrNO2S. The van der Waals surface area contributed by atoms with Crippen molar-refractivity contribution in [2.24, 2.45) is 10.8 Å². The Morgan fingerprint density at radius 1 is 1.16 bits per heavy atom. The Bertz CT molecular complexity index is 606. The van der Waals surface area contributed by atoms with Gasteiger partial charge >= 0.3 is 0 Å². The van der Waals surface area contributed by atoms with Gasteiger partial charge < -0.3 is 0 Å². The fraction of sp³-hybridized carbons (Fsp3) is 0.571. The van der Waals surface area contributed by atoms with Crippen molar-refractivity contribution < 1.29 is 8.42 Å². The summed E-state index contributed by atoms with van der Waals surface area (Å²) >= 11 is 3.38. The topological polar surface area (TPSA) is 46.2 Å². The van der Waals surface area contributed by atoms with Gasteiger partial charge in [0.1, 0.15) is 0 Å². The molecule has 0 unspecified atom stereocenters. The SMILES string of the molecule is Cc1cc(S(=O)(=O)NC2C(C)(C)C2(C)C)ccc1Br. The summed E-state index contributed by atoms with van der Waals surface area (Å²) in [7, 11) is -3.45. The van der Waals surface area contributed by atoms with Gasteiger partial charge in [0.15, 0.2) is 0 Å². The van der Waals surface area contributed by atoms with Crippen LogP contribution in [0.5, 0.6) is 0 Å². The first-order valence-electron chi connectivity index (χ1n) is 6.28. The van der Waals surface area contributed by atoms with E-state index in [1.807, 2.05) is 6.92 Å². The van der Waals surface area contributed by atoms with E-state index in [0.717, 1.165) is 10.0 Å². The van der Waals surface area contributed by atoms with Crippen LogP contribution >= 0.6 is 15.9 Å². The smallest absolute Gasteiger partial charge is 0.207 e. The molecule has 1 aliphatic rings. The Kier molecular flexibility index (Phi) is 3.40. The van der Waals surface area contributed by atoms with Crippen LogP contribution < -0.4 is 4.72 Å². The molecule has 0 saturated heterocycles. The average molecular weight is 346 g/mol. The minimum atomic E-state index is -3.45. The number of nitrogens with one attached hydrogen (secondary N) is 1. The highest BCUT2D eigenvalue weighted by Crippen LogP contribution is 2.62. The summed E-state index contributed by atoms with van der Waals surface area (Å²) in [6, 6.07) is 5.07. The summed E-state index contributed by atoms with van der Waals surface area (Å²) in [6.45, 7) is 10.2.